The molecule has 0 spiro atoms. The molecule has 3 heterocycles. The van der Waals surface area contributed by atoms with E-state index in [4.69, 9.17) is 24.3 Å². The van der Waals surface area contributed by atoms with Gasteiger partial charge in [-0.3, -0.25) is 9.05 Å². The summed E-state index contributed by atoms with van der Waals surface area (Å²) < 4.78 is 35.8. The van der Waals surface area contributed by atoms with Gasteiger partial charge >= 0.3 is 7.82 Å². The second-order valence-electron chi connectivity index (χ2n) is 10.8. The van der Waals surface area contributed by atoms with Crippen LogP contribution in [0.15, 0.2) is 18.5 Å². The molecule has 3 atom stereocenters. The highest BCUT2D eigenvalue weighted by atomic mass is 31.2. The normalized spacial score (nSPS) is 20.4. The van der Waals surface area contributed by atoms with Crippen molar-refractivity contribution in [1.82, 2.24) is 14.6 Å². The number of unbranched alkanes of at least 4 members (excludes halogenated alkanes) is 12. The van der Waals surface area contributed by atoms with Crippen LogP contribution in [-0.4, -0.2) is 45.6 Å². The number of phosphoric ester groups is 1. The minimum Gasteiger partial charge on any atom is -0.382 e. The quantitative estimate of drug-likeness (QED) is 0.110. The third-order valence-corrected chi connectivity index (χ3v) is 8.48. The van der Waals surface area contributed by atoms with Crippen LogP contribution in [0.1, 0.15) is 115 Å². The molecule has 0 aliphatic carbocycles. The molecular formula is C29H48N5O6P. The summed E-state index contributed by atoms with van der Waals surface area (Å²) in [5.74, 6) is 0.271. The predicted molar refractivity (Wildman–Crippen MR) is 157 cm³/mol. The number of aromatic nitrogens is 3. The van der Waals surface area contributed by atoms with Crippen LogP contribution in [0.5, 0.6) is 0 Å². The lowest BCUT2D eigenvalue weighted by Gasteiger charge is -2.22. The van der Waals surface area contributed by atoms with Crippen LogP contribution < -0.4 is 5.73 Å². The summed E-state index contributed by atoms with van der Waals surface area (Å²) in [7, 11) is -4.36. The Morgan fingerprint density at radius 3 is 2.32 bits per heavy atom. The molecule has 41 heavy (non-hydrogen) atoms. The van der Waals surface area contributed by atoms with Crippen molar-refractivity contribution in [2.45, 2.75) is 122 Å². The van der Waals surface area contributed by atoms with Crippen LogP contribution in [0.4, 0.5) is 5.82 Å². The lowest BCUT2D eigenvalue weighted by Crippen LogP contribution is -2.27. The Labute approximate surface area is 244 Å². The van der Waals surface area contributed by atoms with E-state index in [0.29, 0.717) is 24.2 Å². The Kier molecular flexibility index (Phi) is 14.5. The number of anilines is 1. The number of fused-ring (bicyclic) bond motifs is 1. The number of hydrogen-bond donors (Lipinski definition) is 2. The first-order valence-corrected chi connectivity index (χ1v) is 16.8. The third-order valence-electron chi connectivity index (χ3n) is 7.47. The molecule has 1 fully saturated rings. The van der Waals surface area contributed by atoms with E-state index in [2.05, 4.69) is 23.1 Å². The average molecular weight is 594 g/mol. The van der Waals surface area contributed by atoms with Crippen molar-refractivity contribution in [1.29, 1.82) is 5.26 Å². The van der Waals surface area contributed by atoms with E-state index in [9.17, 15) is 14.7 Å². The Bertz CT molecular complexity index is 1120. The molecule has 1 unspecified atom stereocenters. The molecular weight excluding hydrogens is 545 g/mol. The molecule has 0 amide bonds. The highest BCUT2D eigenvalue weighted by Gasteiger charge is 2.47. The second-order valence-corrected chi connectivity index (χ2v) is 12.2. The lowest BCUT2D eigenvalue weighted by atomic mass is 9.98. The summed E-state index contributed by atoms with van der Waals surface area (Å²) >= 11 is 0. The van der Waals surface area contributed by atoms with Crippen molar-refractivity contribution in [2.75, 3.05) is 25.6 Å². The zero-order valence-electron chi connectivity index (χ0n) is 24.5. The first kappa shape index (κ1) is 33.4. The maximum atomic E-state index is 12.5. The zero-order valence-corrected chi connectivity index (χ0v) is 25.4. The van der Waals surface area contributed by atoms with Gasteiger partial charge in [0.25, 0.3) is 0 Å². The van der Waals surface area contributed by atoms with Gasteiger partial charge in [-0.15, -0.1) is 0 Å². The summed E-state index contributed by atoms with van der Waals surface area (Å²) in [6, 6.07) is 5.54. The average Bonchev–Trinajstić information content (AvgIpc) is 3.58. The van der Waals surface area contributed by atoms with E-state index in [1.807, 2.05) is 0 Å². The summed E-state index contributed by atoms with van der Waals surface area (Å²) in [5, 5.41) is 14.1. The van der Waals surface area contributed by atoms with Crippen molar-refractivity contribution in [3.63, 3.8) is 0 Å². The highest BCUT2D eigenvalue weighted by Crippen LogP contribution is 2.50. The van der Waals surface area contributed by atoms with E-state index in [-0.39, 0.29) is 25.3 Å². The molecule has 3 N–H and O–H groups in total. The van der Waals surface area contributed by atoms with Crippen LogP contribution in [-0.2, 0) is 28.7 Å². The van der Waals surface area contributed by atoms with E-state index >= 15 is 0 Å². The fourth-order valence-corrected chi connectivity index (χ4v) is 6.00. The van der Waals surface area contributed by atoms with Crippen molar-refractivity contribution in [2.24, 2.45) is 0 Å². The van der Waals surface area contributed by atoms with E-state index in [1.165, 1.54) is 81.5 Å². The number of rotatable bonds is 22. The summed E-state index contributed by atoms with van der Waals surface area (Å²) in [6.07, 6.45) is 17.8. The SMILES string of the molecule is CCCCCCCCCCCCCCOCCCCOP(=O)(O)O[C@@H]1CC[C@](C#N)(c2ccc3c(N)ncnn23)O1. The molecule has 0 aromatic carbocycles. The molecule has 230 valence electrons. The van der Waals surface area contributed by atoms with Gasteiger partial charge in [0.05, 0.1) is 12.3 Å². The fraction of sp³-hybridized carbons (Fsp3) is 0.759. The van der Waals surface area contributed by atoms with Gasteiger partial charge in [-0.1, -0.05) is 77.6 Å². The molecule has 1 saturated heterocycles. The molecule has 1 aliphatic rings. The van der Waals surface area contributed by atoms with Gasteiger partial charge < -0.3 is 20.1 Å². The number of ether oxygens (including phenoxy) is 2. The minimum absolute atomic E-state index is 0.0609. The van der Waals surface area contributed by atoms with Crippen molar-refractivity contribution >= 4 is 19.2 Å². The molecule has 11 nitrogen and oxygen atoms in total. The van der Waals surface area contributed by atoms with Gasteiger partial charge in [-0.05, 0) is 31.4 Å². The minimum atomic E-state index is -4.36. The number of nitrogen functional groups attached to an aromatic ring is 1. The Hall–Kier alpha value is -2.06. The molecule has 0 saturated carbocycles. The largest absolute Gasteiger partial charge is 0.474 e. The number of nitrogens with two attached hydrogens (primary N) is 1. The first-order valence-electron chi connectivity index (χ1n) is 15.3. The summed E-state index contributed by atoms with van der Waals surface area (Å²) in [4.78, 5) is 14.1. The lowest BCUT2D eigenvalue weighted by molar-refractivity contribution is -0.116. The molecule has 2 aromatic heterocycles. The molecule has 1 aliphatic heterocycles. The Morgan fingerprint density at radius 2 is 1.66 bits per heavy atom. The number of nitriles is 1. The van der Waals surface area contributed by atoms with Crippen LogP contribution >= 0.6 is 7.82 Å². The molecule has 0 radical (unpaired) electrons. The Balaban J connectivity index is 1.21. The number of hydrogen-bond acceptors (Lipinski definition) is 9. The smallest absolute Gasteiger partial charge is 0.382 e. The van der Waals surface area contributed by atoms with Gasteiger partial charge in [0, 0.05) is 26.1 Å². The van der Waals surface area contributed by atoms with E-state index in [0.717, 1.165) is 19.4 Å². The van der Waals surface area contributed by atoms with Gasteiger partial charge in [-0.2, -0.15) is 10.4 Å². The zero-order chi connectivity index (χ0) is 29.4. The number of phosphoric acid groups is 1. The van der Waals surface area contributed by atoms with Crippen LogP contribution in [0, 0.1) is 11.3 Å². The van der Waals surface area contributed by atoms with Gasteiger partial charge in [0.2, 0.25) is 0 Å². The molecule has 12 heteroatoms. The summed E-state index contributed by atoms with van der Waals surface area (Å²) in [5.41, 5.74) is 5.48. The van der Waals surface area contributed by atoms with Crippen LogP contribution in [0.25, 0.3) is 5.52 Å². The van der Waals surface area contributed by atoms with Crippen molar-refractivity contribution < 1.29 is 28.0 Å². The van der Waals surface area contributed by atoms with Gasteiger partial charge in [-0.25, -0.2) is 14.1 Å². The van der Waals surface area contributed by atoms with E-state index in [1.54, 1.807) is 12.1 Å². The number of nitrogens with zero attached hydrogens (tertiary/aromatic N) is 4. The van der Waals surface area contributed by atoms with Gasteiger partial charge in [0.1, 0.15) is 17.9 Å². The maximum Gasteiger partial charge on any atom is 0.474 e. The topological polar surface area (TPSA) is 154 Å². The predicted octanol–water partition coefficient (Wildman–Crippen LogP) is 6.80. The molecule has 2 aromatic rings. The van der Waals surface area contributed by atoms with E-state index < -0.39 is 19.7 Å². The van der Waals surface area contributed by atoms with Crippen molar-refractivity contribution in [3.8, 4) is 6.07 Å². The third kappa shape index (κ3) is 10.9. The summed E-state index contributed by atoms with van der Waals surface area (Å²) in [6.45, 7) is 3.65. The Morgan fingerprint density at radius 1 is 1.05 bits per heavy atom. The fourth-order valence-electron chi connectivity index (χ4n) is 5.14. The maximum absolute atomic E-state index is 12.5. The molecule has 3 rings (SSSR count). The van der Waals surface area contributed by atoms with Crippen molar-refractivity contribution in [3.05, 3.63) is 24.2 Å². The monoisotopic (exact) mass is 593 g/mol. The second kappa shape index (κ2) is 17.8. The van der Waals surface area contributed by atoms with Gasteiger partial charge in [0.15, 0.2) is 17.7 Å². The standard InChI is InChI=1S/C29H48N5O6P/c1-2-3-4-5-6-7-8-9-10-11-12-13-20-37-21-14-15-22-38-41(35,36)40-27-18-19-29(23-30,39-27)26-17-16-25-28(31)32-24-33-34(25)26/h16-17,24,27H,2-15,18-22H2,1H3,(H,35,36)(H2,31,32,33)/t27-,29+/m1/s1. The van der Waals surface area contributed by atoms with Crippen LogP contribution in [0.3, 0.4) is 0 Å². The molecule has 0 bridgehead atoms. The van der Waals surface area contributed by atoms with Crippen LogP contribution in [0.2, 0.25) is 0 Å². The highest BCUT2D eigenvalue weighted by molar-refractivity contribution is 7.47. The first-order chi connectivity index (χ1) is 19.9.